The van der Waals surface area contributed by atoms with Gasteiger partial charge in [-0.2, -0.15) is 11.8 Å². The van der Waals surface area contributed by atoms with Crippen molar-refractivity contribution in [3.05, 3.63) is 35.4 Å². The molecule has 0 saturated carbocycles. The Labute approximate surface area is 96.8 Å². The SMILES string of the molecule is CN(C)Cc1ccc(CSCCN)cc1. The van der Waals surface area contributed by atoms with Crippen molar-refractivity contribution in [2.24, 2.45) is 5.73 Å². The van der Waals surface area contributed by atoms with E-state index in [9.17, 15) is 0 Å². The second kappa shape index (κ2) is 6.88. The van der Waals surface area contributed by atoms with Gasteiger partial charge in [-0.3, -0.25) is 0 Å². The van der Waals surface area contributed by atoms with E-state index in [1.54, 1.807) is 0 Å². The fourth-order valence-corrected chi connectivity index (χ4v) is 2.12. The number of rotatable bonds is 6. The average molecular weight is 224 g/mol. The normalized spacial score (nSPS) is 10.9. The van der Waals surface area contributed by atoms with Gasteiger partial charge in [0.05, 0.1) is 0 Å². The Bertz CT molecular complexity index is 269. The van der Waals surface area contributed by atoms with Crippen molar-refractivity contribution in [2.75, 3.05) is 26.4 Å². The zero-order chi connectivity index (χ0) is 11.1. The number of nitrogens with zero attached hydrogens (tertiary/aromatic N) is 1. The topological polar surface area (TPSA) is 29.3 Å². The van der Waals surface area contributed by atoms with E-state index in [1.807, 2.05) is 11.8 Å². The first kappa shape index (κ1) is 12.6. The Morgan fingerprint density at radius 3 is 2.27 bits per heavy atom. The molecule has 15 heavy (non-hydrogen) atoms. The summed E-state index contributed by atoms with van der Waals surface area (Å²) in [6, 6.07) is 8.83. The summed E-state index contributed by atoms with van der Waals surface area (Å²) in [5.41, 5.74) is 8.20. The summed E-state index contributed by atoms with van der Waals surface area (Å²) < 4.78 is 0. The molecule has 0 spiro atoms. The predicted molar refractivity (Wildman–Crippen MR) is 69.0 cm³/mol. The molecule has 0 aliphatic carbocycles. The van der Waals surface area contributed by atoms with E-state index >= 15 is 0 Å². The lowest BCUT2D eigenvalue weighted by atomic mass is 10.1. The van der Waals surface area contributed by atoms with Crippen LogP contribution in [-0.2, 0) is 12.3 Å². The summed E-state index contributed by atoms with van der Waals surface area (Å²) >= 11 is 1.89. The molecule has 1 rings (SSSR count). The summed E-state index contributed by atoms with van der Waals surface area (Å²) in [5.74, 6) is 2.11. The highest BCUT2D eigenvalue weighted by atomic mass is 32.2. The third-order valence-electron chi connectivity index (χ3n) is 2.05. The minimum absolute atomic E-state index is 0.767. The van der Waals surface area contributed by atoms with E-state index < -0.39 is 0 Å². The van der Waals surface area contributed by atoms with E-state index in [0.717, 1.165) is 24.6 Å². The van der Waals surface area contributed by atoms with Crippen LogP contribution in [0.15, 0.2) is 24.3 Å². The predicted octanol–water partition coefficient (Wildman–Crippen LogP) is 1.94. The van der Waals surface area contributed by atoms with E-state index in [0.29, 0.717) is 0 Å². The van der Waals surface area contributed by atoms with Crippen molar-refractivity contribution in [3.63, 3.8) is 0 Å². The van der Waals surface area contributed by atoms with E-state index in [4.69, 9.17) is 5.73 Å². The van der Waals surface area contributed by atoms with Gasteiger partial charge in [0.1, 0.15) is 0 Å². The summed E-state index contributed by atoms with van der Waals surface area (Å²) in [6.07, 6.45) is 0. The molecular formula is C12H20N2S. The Hall–Kier alpha value is -0.510. The lowest BCUT2D eigenvalue weighted by Gasteiger charge is -2.09. The van der Waals surface area contributed by atoms with Gasteiger partial charge in [-0.15, -0.1) is 0 Å². The molecule has 2 nitrogen and oxygen atoms in total. The number of nitrogens with two attached hydrogens (primary N) is 1. The van der Waals surface area contributed by atoms with Crippen molar-refractivity contribution in [1.82, 2.24) is 4.90 Å². The van der Waals surface area contributed by atoms with Gasteiger partial charge in [0.25, 0.3) is 0 Å². The van der Waals surface area contributed by atoms with Gasteiger partial charge in [0.2, 0.25) is 0 Å². The van der Waals surface area contributed by atoms with Crippen LogP contribution in [-0.4, -0.2) is 31.3 Å². The fraction of sp³-hybridized carbons (Fsp3) is 0.500. The van der Waals surface area contributed by atoms with Crippen molar-refractivity contribution in [3.8, 4) is 0 Å². The average Bonchev–Trinajstić information content (AvgIpc) is 2.20. The van der Waals surface area contributed by atoms with Crippen molar-refractivity contribution in [2.45, 2.75) is 12.3 Å². The first-order chi connectivity index (χ1) is 7.22. The lowest BCUT2D eigenvalue weighted by Crippen LogP contribution is -2.10. The number of benzene rings is 1. The maximum atomic E-state index is 5.45. The van der Waals surface area contributed by atoms with E-state index in [-0.39, 0.29) is 0 Å². The van der Waals surface area contributed by atoms with Crippen molar-refractivity contribution >= 4 is 11.8 Å². The molecule has 0 aliphatic rings. The summed E-state index contributed by atoms with van der Waals surface area (Å²) in [7, 11) is 4.18. The minimum atomic E-state index is 0.767. The molecule has 3 heteroatoms. The molecule has 0 bridgehead atoms. The van der Waals surface area contributed by atoms with E-state index in [2.05, 4.69) is 43.3 Å². The molecular weight excluding hydrogens is 204 g/mol. The third kappa shape index (κ3) is 5.21. The monoisotopic (exact) mass is 224 g/mol. The lowest BCUT2D eigenvalue weighted by molar-refractivity contribution is 0.402. The van der Waals surface area contributed by atoms with Gasteiger partial charge in [0.15, 0.2) is 0 Å². The van der Waals surface area contributed by atoms with E-state index in [1.165, 1.54) is 11.1 Å². The second-order valence-corrected chi connectivity index (χ2v) is 5.00. The van der Waals surface area contributed by atoms with Crippen LogP contribution in [0.1, 0.15) is 11.1 Å². The highest BCUT2D eigenvalue weighted by molar-refractivity contribution is 7.98. The molecule has 0 aromatic heterocycles. The van der Waals surface area contributed by atoms with Crippen LogP contribution in [0.25, 0.3) is 0 Å². The number of hydrogen-bond acceptors (Lipinski definition) is 3. The van der Waals surface area contributed by atoms with Crippen LogP contribution >= 0.6 is 11.8 Å². The van der Waals surface area contributed by atoms with Crippen LogP contribution < -0.4 is 5.73 Å². The molecule has 0 fully saturated rings. The van der Waals surface area contributed by atoms with Gasteiger partial charge in [-0.05, 0) is 25.2 Å². The highest BCUT2D eigenvalue weighted by Crippen LogP contribution is 2.13. The first-order valence-electron chi connectivity index (χ1n) is 5.22. The summed E-state index contributed by atoms with van der Waals surface area (Å²) in [4.78, 5) is 2.18. The van der Waals surface area contributed by atoms with Crippen LogP contribution in [0.5, 0.6) is 0 Å². The molecule has 0 atom stereocenters. The summed E-state index contributed by atoms with van der Waals surface area (Å²) in [5, 5.41) is 0. The quantitative estimate of drug-likeness (QED) is 0.749. The van der Waals surface area contributed by atoms with Gasteiger partial charge in [-0.1, -0.05) is 24.3 Å². The Kier molecular flexibility index (Phi) is 5.76. The Morgan fingerprint density at radius 1 is 1.13 bits per heavy atom. The zero-order valence-electron chi connectivity index (χ0n) is 9.57. The molecule has 0 radical (unpaired) electrons. The minimum Gasteiger partial charge on any atom is -0.330 e. The summed E-state index contributed by atoms with van der Waals surface area (Å²) in [6.45, 7) is 1.78. The van der Waals surface area contributed by atoms with Crippen LogP contribution in [0.4, 0.5) is 0 Å². The first-order valence-corrected chi connectivity index (χ1v) is 6.38. The second-order valence-electron chi connectivity index (χ2n) is 3.90. The molecule has 1 aromatic carbocycles. The van der Waals surface area contributed by atoms with Gasteiger partial charge >= 0.3 is 0 Å². The molecule has 1 aromatic rings. The molecule has 0 saturated heterocycles. The molecule has 84 valence electrons. The third-order valence-corrected chi connectivity index (χ3v) is 3.11. The zero-order valence-corrected chi connectivity index (χ0v) is 10.4. The van der Waals surface area contributed by atoms with Crippen LogP contribution in [0.3, 0.4) is 0 Å². The Morgan fingerprint density at radius 2 is 1.73 bits per heavy atom. The maximum Gasteiger partial charge on any atom is 0.0227 e. The highest BCUT2D eigenvalue weighted by Gasteiger charge is 1.96. The fourth-order valence-electron chi connectivity index (χ4n) is 1.38. The molecule has 0 aliphatic heterocycles. The number of hydrogen-bond donors (Lipinski definition) is 1. The van der Waals surface area contributed by atoms with Crippen LogP contribution in [0.2, 0.25) is 0 Å². The van der Waals surface area contributed by atoms with Gasteiger partial charge in [0, 0.05) is 24.6 Å². The molecule has 0 amide bonds. The maximum absolute atomic E-state index is 5.45. The van der Waals surface area contributed by atoms with Gasteiger partial charge < -0.3 is 10.6 Å². The molecule has 2 N–H and O–H groups in total. The van der Waals surface area contributed by atoms with Crippen molar-refractivity contribution < 1.29 is 0 Å². The Balaban J connectivity index is 2.42. The molecule has 0 unspecified atom stereocenters. The standard InChI is InChI=1S/C12H20N2S/c1-14(2)9-11-3-5-12(6-4-11)10-15-8-7-13/h3-6H,7-10,13H2,1-2H3. The molecule has 0 heterocycles. The number of thioether (sulfide) groups is 1. The smallest absolute Gasteiger partial charge is 0.0227 e. The van der Waals surface area contributed by atoms with Gasteiger partial charge in [-0.25, -0.2) is 0 Å². The van der Waals surface area contributed by atoms with Crippen LogP contribution in [0, 0.1) is 0 Å². The largest absolute Gasteiger partial charge is 0.330 e. The van der Waals surface area contributed by atoms with Crippen molar-refractivity contribution in [1.29, 1.82) is 0 Å².